The zero-order chi connectivity index (χ0) is 20.4. The van der Waals surface area contributed by atoms with Gasteiger partial charge in [0.1, 0.15) is 11.8 Å². The molecular formula is C21H26N2O4S. The number of carboxylic acids is 1. The SMILES string of the molecule is CSCCC(NCc1ccc(OCC(=O)Nc2ccc(C)cc2)cc1)C(=O)O. The van der Waals surface area contributed by atoms with E-state index < -0.39 is 12.0 Å². The minimum absolute atomic E-state index is 0.0821. The van der Waals surface area contributed by atoms with E-state index in [4.69, 9.17) is 4.74 Å². The van der Waals surface area contributed by atoms with Gasteiger partial charge in [0, 0.05) is 12.2 Å². The molecule has 2 aromatic carbocycles. The second-order valence-corrected chi connectivity index (χ2v) is 7.39. The number of hydrogen-bond acceptors (Lipinski definition) is 5. The molecule has 0 aliphatic carbocycles. The van der Waals surface area contributed by atoms with Crippen molar-refractivity contribution in [3.63, 3.8) is 0 Å². The normalized spacial score (nSPS) is 11.6. The summed E-state index contributed by atoms with van der Waals surface area (Å²) in [6, 6.07) is 14.2. The van der Waals surface area contributed by atoms with E-state index in [2.05, 4.69) is 10.6 Å². The molecule has 0 bridgehead atoms. The van der Waals surface area contributed by atoms with Crippen LogP contribution in [0.2, 0.25) is 0 Å². The molecule has 2 rings (SSSR count). The summed E-state index contributed by atoms with van der Waals surface area (Å²) >= 11 is 1.63. The van der Waals surface area contributed by atoms with Crippen LogP contribution in [0, 0.1) is 6.92 Å². The van der Waals surface area contributed by atoms with E-state index >= 15 is 0 Å². The Morgan fingerprint density at radius 1 is 1.11 bits per heavy atom. The Labute approximate surface area is 169 Å². The molecule has 7 heteroatoms. The average Bonchev–Trinajstić information content (AvgIpc) is 2.69. The Hall–Kier alpha value is -2.51. The number of aliphatic carboxylic acids is 1. The predicted octanol–water partition coefficient (Wildman–Crippen LogP) is 3.31. The highest BCUT2D eigenvalue weighted by atomic mass is 32.2. The number of thioether (sulfide) groups is 1. The van der Waals surface area contributed by atoms with Crippen molar-refractivity contribution in [3.05, 3.63) is 59.7 Å². The van der Waals surface area contributed by atoms with E-state index in [1.54, 1.807) is 23.9 Å². The number of nitrogens with one attached hydrogen (secondary N) is 2. The number of carbonyl (C=O) groups is 2. The van der Waals surface area contributed by atoms with E-state index in [0.717, 1.165) is 22.6 Å². The summed E-state index contributed by atoms with van der Waals surface area (Å²) in [6.07, 6.45) is 2.53. The molecule has 0 fully saturated rings. The Kier molecular flexibility index (Phi) is 8.84. The summed E-state index contributed by atoms with van der Waals surface area (Å²) in [5.74, 6) is 0.308. The van der Waals surface area contributed by atoms with Gasteiger partial charge >= 0.3 is 5.97 Å². The third-order valence-corrected chi connectivity index (χ3v) is 4.73. The van der Waals surface area contributed by atoms with Gasteiger partial charge in [-0.15, -0.1) is 0 Å². The van der Waals surface area contributed by atoms with Gasteiger partial charge in [-0.2, -0.15) is 11.8 Å². The molecule has 0 aliphatic heterocycles. The summed E-state index contributed by atoms with van der Waals surface area (Å²) < 4.78 is 5.51. The van der Waals surface area contributed by atoms with Crippen LogP contribution >= 0.6 is 11.8 Å². The molecule has 1 atom stereocenters. The fourth-order valence-electron chi connectivity index (χ4n) is 2.48. The first-order chi connectivity index (χ1) is 13.5. The van der Waals surface area contributed by atoms with Crippen LogP contribution in [0.5, 0.6) is 5.75 Å². The van der Waals surface area contributed by atoms with Gasteiger partial charge in [0.2, 0.25) is 0 Å². The minimum atomic E-state index is -0.839. The zero-order valence-electron chi connectivity index (χ0n) is 16.1. The van der Waals surface area contributed by atoms with Gasteiger partial charge < -0.3 is 20.5 Å². The fourth-order valence-corrected chi connectivity index (χ4v) is 2.95. The molecule has 0 saturated heterocycles. The standard InChI is InChI=1S/C21H26N2O4S/c1-15-3-7-17(8-4-15)23-20(24)14-27-18-9-5-16(6-10-18)13-22-19(21(25)26)11-12-28-2/h3-10,19,22H,11-14H2,1-2H3,(H,23,24)(H,25,26). The number of amides is 1. The van der Waals surface area contributed by atoms with E-state index in [1.165, 1.54) is 0 Å². The first kappa shape index (κ1) is 21.8. The molecule has 0 radical (unpaired) electrons. The highest BCUT2D eigenvalue weighted by Gasteiger charge is 2.15. The molecule has 6 nitrogen and oxygen atoms in total. The molecule has 1 amide bonds. The van der Waals surface area contributed by atoms with Crippen LogP contribution in [0.25, 0.3) is 0 Å². The lowest BCUT2D eigenvalue weighted by Crippen LogP contribution is -2.36. The van der Waals surface area contributed by atoms with Gasteiger partial charge in [0.15, 0.2) is 6.61 Å². The third kappa shape index (κ3) is 7.62. The Morgan fingerprint density at radius 3 is 2.39 bits per heavy atom. The number of aryl methyl sites for hydroxylation is 1. The molecule has 2 aromatic rings. The van der Waals surface area contributed by atoms with Crippen LogP contribution in [0.4, 0.5) is 5.69 Å². The molecule has 0 aromatic heterocycles. The van der Waals surface area contributed by atoms with Crippen LogP contribution in [-0.2, 0) is 16.1 Å². The molecule has 0 aliphatic rings. The number of hydrogen-bond donors (Lipinski definition) is 3. The van der Waals surface area contributed by atoms with E-state index in [1.807, 2.05) is 49.6 Å². The minimum Gasteiger partial charge on any atom is -0.484 e. The van der Waals surface area contributed by atoms with Crippen molar-refractivity contribution in [2.45, 2.75) is 25.9 Å². The van der Waals surface area contributed by atoms with Crippen molar-refractivity contribution in [1.82, 2.24) is 5.32 Å². The molecule has 28 heavy (non-hydrogen) atoms. The lowest BCUT2D eigenvalue weighted by atomic mass is 10.2. The molecule has 150 valence electrons. The molecular weight excluding hydrogens is 376 g/mol. The summed E-state index contributed by atoms with van der Waals surface area (Å²) in [5.41, 5.74) is 2.81. The monoisotopic (exact) mass is 402 g/mol. The van der Waals surface area contributed by atoms with Crippen LogP contribution in [-0.4, -0.2) is 41.6 Å². The van der Waals surface area contributed by atoms with Gasteiger partial charge in [-0.3, -0.25) is 9.59 Å². The number of anilines is 1. The smallest absolute Gasteiger partial charge is 0.320 e. The first-order valence-corrected chi connectivity index (χ1v) is 10.4. The number of ether oxygens (including phenoxy) is 1. The summed E-state index contributed by atoms with van der Waals surface area (Å²) in [7, 11) is 0. The average molecular weight is 403 g/mol. The van der Waals surface area contributed by atoms with Gasteiger partial charge in [0.05, 0.1) is 0 Å². The predicted molar refractivity (Wildman–Crippen MR) is 113 cm³/mol. The van der Waals surface area contributed by atoms with Gasteiger partial charge in [-0.25, -0.2) is 0 Å². The maximum atomic E-state index is 12.0. The van der Waals surface area contributed by atoms with Crippen LogP contribution < -0.4 is 15.4 Å². The lowest BCUT2D eigenvalue weighted by Gasteiger charge is -2.14. The summed E-state index contributed by atoms with van der Waals surface area (Å²) in [5, 5.41) is 15.1. The quantitative estimate of drug-likeness (QED) is 0.535. The van der Waals surface area contributed by atoms with Gasteiger partial charge in [-0.1, -0.05) is 29.8 Å². The first-order valence-electron chi connectivity index (χ1n) is 9.01. The fraction of sp³-hybridized carbons (Fsp3) is 0.333. The number of rotatable bonds is 11. The topological polar surface area (TPSA) is 87.7 Å². The Balaban J connectivity index is 1.77. The lowest BCUT2D eigenvalue weighted by molar-refractivity contribution is -0.139. The van der Waals surface area contributed by atoms with Gasteiger partial charge in [-0.05, 0) is 55.2 Å². The van der Waals surface area contributed by atoms with Crippen molar-refractivity contribution in [3.8, 4) is 5.75 Å². The largest absolute Gasteiger partial charge is 0.484 e. The molecule has 0 saturated carbocycles. The molecule has 0 heterocycles. The van der Waals surface area contributed by atoms with Crippen molar-refractivity contribution >= 4 is 29.3 Å². The number of benzene rings is 2. The maximum absolute atomic E-state index is 12.0. The van der Waals surface area contributed by atoms with Crippen molar-refractivity contribution in [2.24, 2.45) is 0 Å². The summed E-state index contributed by atoms with van der Waals surface area (Å²) in [6.45, 7) is 2.36. The van der Waals surface area contributed by atoms with E-state index in [9.17, 15) is 14.7 Å². The molecule has 3 N–H and O–H groups in total. The van der Waals surface area contributed by atoms with Gasteiger partial charge in [0.25, 0.3) is 5.91 Å². The Bertz CT molecular complexity index is 763. The van der Waals surface area contributed by atoms with E-state index in [0.29, 0.717) is 18.7 Å². The second kappa shape index (κ2) is 11.4. The second-order valence-electron chi connectivity index (χ2n) is 6.40. The maximum Gasteiger partial charge on any atom is 0.320 e. The van der Waals surface area contributed by atoms with E-state index in [-0.39, 0.29) is 12.5 Å². The highest BCUT2D eigenvalue weighted by molar-refractivity contribution is 7.98. The molecule has 0 spiro atoms. The number of carbonyl (C=O) groups excluding carboxylic acids is 1. The van der Waals surface area contributed by atoms with Crippen LogP contribution in [0.15, 0.2) is 48.5 Å². The Morgan fingerprint density at radius 2 is 1.79 bits per heavy atom. The van der Waals surface area contributed by atoms with Crippen molar-refractivity contribution in [2.75, 3.05) is 23.9 Å². The number of carboxylic acid groups (broad SMARTS) is 1. The molecule has 1 unspecified atom stereocenters. The summed E-state index contributed by atoms with van der Waals surface area (Å²) in [4.78, 5) is 23.2. The highest BCUT2D eigenvalue weighted by Crippen LogP contribution is 2.13. The zero-order valence-corrected chi connectivity index (χ0v) is 16.9. The van der Waals surface area contributed by atoms with Crippen LogP contribution in [0.3, 0.4) is 0 Å². The third-order valence-electron chi connectivity index (χ3n) is 4.09. The van der Waals surface area contributed by atoms with Crippen LogP contribution in [0.1, 0.15) is 17.5 Å². The van der Waals surface area contributed by atoms with Crippen molar-refractivity contribution < 1.29 is 19.4 Å². The van der Waals surface area contributed by atoms with Crippen molar-refractivity contribution in [1.29, 1.82) is 0 Å².